The first-order valence-corrected chi connectivity index (χ1v) is 11.6. The number of amides is 2. The third-order valence-corrected chi connectivity index (χ3v) is 6.46. The minimum atomic E-state index is -0.279. The van der Waals surface area contributed by atoms with Crippen LogP contribution >= 0.6 is 0 Å². The molecule has 7 nitrogen and oxygen atoms in total. The summed E-state index contributed by atoms with van der Waals surface area (Å²) in [5.41, 5.74) is 4.92. The van der Waals surface area contributed by atoms with Gasteiger partial charge >= 0.3 is 6.03 Å². The molecule has 0 unspecified atom stereocenters. The van der Waals surface area contributed by atoms with Gasteiger partial charge in [0.15, 0.2) is 0 Å². The average Bonchev–Trinajstić information content (AvgIpc) is 3.63. The summed E-state index contributed by atoms with van der Waals surface area (Å²) in [5.74, 6) is 1.66. The van der Waals surface area contributed by atoms with E-state index in [0.29, 0.717) is 18.8 Å². The second-order valence-corrected chi connectivity index (χ2v) is 8.62. The van der Waals surface area contributed by atoms with Crippen molar-refractivity contribution in [3.05, 3.63) is 126 Å². The van der Waals surface area contributed by atoms with Gasteiger partial charge in [0.1, 0.15) is 11.6 Å². The molecule has 0 fully saturated rings. The third kappa shape index (κ3) is 3.71. The van der Waals surface area contributed by atoms with E-state index in [-0.39, 0.29) is 12.1 Å². The molecular weight excluding hydrogens is 438 g/mol. The van der Waals surface area contributed by atoms with Crippen LogP contribution in [0.3, 0.4) is 0 Å². The lowest BCUT2D eigenvalue weighted by molar-refractivity contribution is 0.179. The number of hydrogen-bond donors (Lipinski definition) is 1. The Kier molecular flexibility index (Phi) is 5.22. The Bertz CT molecular complexity index is 1450. The van der Waals surface area contributed by atoms with Crippen molar-refractivity contribution in [3.63, 3.8) is 0 Å². The lowest BCUT2D eigenvalue weighted by Crippen LogP contribution is -2.41. The molecule has 2 amide bonds. The van der Waals surface area contributed by atoms with E-state index in [1.807, 2.05) is 83.2 Å². The van der Waals surface area contributed by atoms with Crippen molar-refractivity contribution in [2.45, 2.75) is 26.1 Å². The van der Waals surface area contributed by atoms with Gasteiger partial charge < -0.3 is 19.2 Å². The van der Waals surface area contributed by atoms with Gasteiger partial charge in [0.25, 0.3) is 0 Å². The number of hydrogen-bond acceptors (Lipinski definition) is 3. The number of furan rings is 1. The van der Waals surface area contributed by atoms with Crippen molar-refractivity contribution in [1.29, 1.82) is 0 Å². The largest absolute Gasteiger partial charge is 0.467 e. The zero-order chi connectivity index (χ0) is 23.8. The van der Waals surface area contributed by atoms with Crippen LogP contribution in [-0.2, 0) is 13.1 Å². The molecule has 1 N–H and O–H groups in total. The van der Waals surface area contributed by atoms with Crippen molar-refractivity contribution in [3.8, 4) is 11.5 Å². The maximum atomic E-state index is 13.7. The highest BCUT2D eigenvalue weighted by molar-refractivity contribution is 5.76. The highest BCUT2D eigenvalue weighted by Crippen LogP contribution is 2.38. The molecule has 1 aliphatic rings. The average molecular weight is 464 g/mol. The van der Waals surface area contributed by atoms with Gasteiger partial charge in [0.2, 0.25) is 0 Å². The van der Waals surface area contributed by atoms with E-state index in [0.717, 1.165) is 34.0 Å². The van der Waals surface area contributed by atoms with Gasteiger partial charge in [-0.25, -0.2) is 9.48 Å². The number of rotatable bonds is 4. The molecule has 3 aromatic heterocycles. The topological polar surface area (TPSA) is 68.2 Å². The molecule has 35 heavy (non-hydrogen) atoms. The number of nitrogens with zero attached hydrogens (tertiary/aromatic N) is 4. The zero-order valence-corrected chi connectivity index (χ0v) is 19.3. The molecule has 0 spiro atoms. The summed E-state index contributed by atoms with van der Waals surface area (Å²) in [6, 6.07) is 27.6. The molecule has 5 aromatic rings. The fourth-order valence-corrected chi connectivity index (χ4v) is 4.81. The molecular formula is C28H25N5O2. The van der Waals surface area contributed by atoms with Crippen molar-refractivity contribution in [2.24, 2.45) is 0 Å². The summed E-state index contributed by atoms with van der Waals surface area (Å²) >= 11 is 0. The molecule has 1 aliphatic heterocycles. The zero-order valence-electron chi connectivity index (χ0n) is 19.3. The minimum Gasteiger partial charge on any atom is -0.467 e. The van der Waals surface area contributed by atoms with Crippen LogP contribution in [0.4, 0.5) is 4.79 Å². The summed E-state index contributed by atoms with van der Waals surface area (Å²) in [7, 11) is 0. The van der Waals surface area contributed by atoms with E-state index < -0.39 is 0 Å². The molecule has 7 heteroatoms. The van der Waals surface area contributed by atoms with Crippen LogP contribution in [0.2, 0.25) is 0 Å². The first-order valence-electron chi connectivity index (χ1n) is 11.6. The van der Waals surface area contributed by atoms with E-state index in [4.69, 9.17) is 9.52 Å². The fraction of sp³-hybridized carbons (Fsp3) is 0.143. The molecule has 0 aliphatic carbocycles. The van der Waals surface area contributed by atoms with Gasteiger partial charge in [0.05, 0.1) is 42.5 Å². The molecule has 6 rings (SSSR count). The molecule has 4 heterocycles. The molecule has 0 saturated carbocycles. The Hall–Kier alpha value is -4.52. The normalized spacial score (nSPS) is 14.8. The fourth-order valence-electron chi connectivity index (χ4n) is 4.81. The van der Waals surface area contributed by atoms with Gasteiger partial charge in [0, 0.05) is 11.8 Å². The van der Waals surface area contributed by atoms with Gasteiger partial charge in [-0.2, -0.15) is 5.10 Å². The summed E-state index contributed by atoms with van der Waals surface area (Å²) in [5, 5.41) is 7.93. The van der Waals surface area contributed by atoms with Crippen LogP contribution < -0.4 is 5.32 Å². The summed E-state index contributed by atoms with van der Waals surface area (Å²) in [6.07, 6.45) is 3.66. The molecule has 1 atom stereocenters. The second kappa shape index (κ2) is 8.68. The number of urea groups is 1. The molecule has 0 bridgehead atoms. The monoisotopic (exact) mass is 463 g/mol. The van der Waals surface area contributed by atoms with Crippen LogP contribution in [0, 0.1) is 6.92 Å². The van der Waals surface area contributed by atoms with Crippen LogP contribution in [0.5, 0.6) is 0 Å². The lowest BCUT2D eigenvalue weighted by Gasteiger charge is -2.31. The summed E-state index contributed by atoms with van der Waals surface area (Å²) in [4.78, 5) is 15.6. The van der Waals surface area contributed by atoms with Crippen LogP contribution in [0.25, 0.3) is 11.5 Å². The Balaban J connectivity index is 1.50. The van der Waals surface area contributed by atoms with Crippen LogP contribution in [-0.4, -0.2) is 25.3 Å². The van der Waals surface area contributed by atoms with E-state index in [9.17, 15) is 4.79 Å². The molecule has 2 aromatic carbocycles. The minimum absolute atomic E-state index is 0.164. The Morgan fingerprint density at radius 3 is 2.51 bits per heavy atom. The summed E-state index contributed by atoms with van der Waals surface area (Å²) < 4.78 is 9.57. The first-order chi connectivity index (χ1) is 17.2. The SMILES string of the molecule is Cc1nn(-c2ccccc2)c2c1CN(C(=O)NCc1ccco1)[C@H](c1ccccc1)c1cccn1-2. The predicted molar refractivity (Wildman–Crippen MR) is 132 cm³/mol. The third-order valence-electron chi connectivity index (χ3n) is 6.46. The van der Waals surface area contributed by atoms with E-state index in [1.54, 1.807) is 6.26 Å². The maximum Gasteiger partial charge on any atom is 0.318 e. The smallest absolute Gasteiger partial charge is 0.318 e. The highest BCUT2D eigenvalue weighted by Gasteiger charge is 2.35. The quantitative estimate of drug-likeness (QED) is 0.389. The van der Waals surface area contributed by atoms with Crippen LogP contribution in [0.1, 0.15) is 34.3 Å². The first kappa shape index (κ1) is 21.0. The lowest BCUT2D eigenvalue weighted by atomic mass is 10.0. The standard InChI is InChI=1S/C28H25N5O2/c1-20-24-19-32(28(34)29-18-23-14-9-17-35-23)26(21-10-4-2-5-11-21)25-15-8-16-31(25)27(24)33(30-20)22-12-6-3-7-13-22/h2-17,26H,18-19H2,1H3,(H,29,34)/t26-/m1/s1. The van der Waals surface area contributed by atoms with Gasteiger partial charge in [-0.3, -0.25) is 0 Å². The van der Waals surface area contributed by atoms with Crippen molar-refractivity contribution < 1.29 is 9.21 Å². The Labute approximate surface area is 203 Å². The number of fused-ring (bicyclic) bond motifs is 3. The number of nitrogens with one attached hydrogen (secondary N) is 1. The highest BCUT2D eigenvalue weighted by atomic mass is 16.3. The Morgan fingerprint density at radius 2 is 1.77 bits per heavy atom. The molecule has 174 valence electrons. The van der Waals surface area contributed by atoms with Crippen molar-refractivity contribution in [2.75, 3.05) is 0 Å². The predicted octanol–water partition coefficient (Wildman–Crippen LogP) is 5.38. The van der Waals surface area contributed by atoms with Crippen molar-refractivity contribution >= 4 is 6.03 Å². The Morgan fingerprint density at radius 1 is 1.00 bits per heavy atom. The van der Waals surface area contributed by atoms with E-state index in [1.165, 1.54) is 0 Å². The number of carbonyl (C=O) groups excluding carboxylic acids is 1. The van der Waals surface area contributed by atoms with Gasteiger partial charge in [-0.15, -0.1) is 0 Å². The number of aromatic nitrogens is 3. The maximum absolute atomic E-state index is 13.7. The number of carbonyl (C=O) groups is 1. The molecule has 0 saturated heterocycles. The van der Waals surface area contributed by atoms with Gasteiger partial charge in [-0.1, -0.05) is 48.5 Å². The van der Waals surface area contributed by atoms with E-state index in [2.05, 4.69) is 34.3 Å². The van der Waals surface area contributed by atoms with E-state index >= 15 is 0 Å². The summed E-state index contributed by atoms with van der Waals surface area (Å²) in [6.45, 7) is 2.74. The van der Waals surface area contributed by atoms with Crippen molar-refractivity contribution in [1.82, 2.24) is 24.6 Å². The van der Waals surface area contributed by atoms with Crippen LogP contribution in [0.15, 0.2) is 102 Å². The number of benzene rings is 2. The number of para-hydroxylation sites is 1. The van der Waals surface area contributed by atoms with Gasteiger partial charge in [-0.05, 0) is 48.9 Å². The number of aryl methyl sites for hydroxylation is 1. The second-order valence-electron chi connectivity index (χ2n) is 8.62. The molecule has 0 radical (unpaired) electrons.